The molecule has 0 spiro atoms. The lowest BCUT2D eigenvalue weighted by molar-refractivity contribution is -0.107. The first-order valence-corrected chi connectivity index (χ1v) is 5.74. The Kier molecular flexibility index (Phi) is 2.59. The predicted octanol–water partition coefficient (Wildman–Crippen LogP) is 3.25. The lowest BCUT2D eigenvalue weighted by Crippen LogP contribution is -2.37. The van der Waals surface area contributed by atoms with Crippen LogP contribution in [0.3, 0.4) is 0 Å². The highest BCUT2D eigenvalue weighted by Gasteiger charge is 2.47. The van der Waals surface area contributed by atoms with Gasteiger partial charge in [-0.3, -0.25) is 4.68 Å². The van der Waals surface area contributed by atoms with E-state index in [1.54, 1.807) is 0 Å². The topological polar surface area (TPSA) is 41.6 Å². The van der Waals surface area contributed by atoms with Crippen LogP contribution in [0, 0.1) is 11.3 Å². The molecular weight excluding hydrogens is 336 g/mol. The van der Waals surface area contributed by atoms with Crippen LogP contribution in [0.5, 0.6) is 0 Å². The standard InChI is InChI=1S/C8H5Br2F2N3/c9-6-5(3-13)7(10)15(14-6)4-1-8(11,12)2-4/h4H,1-2H2. The maximum atomic E-state index is 12.7. The van der Waals surface area contributed by atoms with E-state index in [1.165, 1.54) is 4.68 Å². The molecule has 15 heavy (non-hydrogen) atoms. The summed E-state index contributed by atoms with van der Waals surface area (Å²) in [4.78, 5) is 0. The Bertz CT molecular complexity index is 441. The zero-order valence-electron chi connectivity index (χ0n) is 7.35. The highest BCUT2D eigenvalue weighted by atomic mass is 79.9. The van der Waals surface area contributed by atoms with Crippen LogP contribution in [0.4, 0.5) is 8.78 Å². The van der Waals surface area contributed by atoms with Crippen molar-refractivity contribution >= 4 is 31.9 Å². The lowest BCUT2D eigenvalue weighted by atomic mass is 9.88. The van der Waals surface area contributed by atoms with E-state index in [-0.39, 0.29) is 18.9 Å². The molecule has 2 rings (SSSR count). The minimum Gasteiger partial charge on any atom is -0.252 e. The van der Waals surface area contributed by atoms with E-state index in [0.29, 0.717) is 14.8 Å². The first kappa shape index (κ1) is 11.0. The summed E-state index contributed by atoms with van der Waals surface area (Å²) in [7, 11) is 0. The number of rotatable bonds is 1. The molecule has 0 bridgehead atoms. The van der Waals surface area contributed by atoms with Gasteiger partial charge in [-0.1, -0.05) is 0 Å². The second-order valence-corrected chi connectivity index (χ2v) is 4.93. The fourth-order valence-corrected chi connectivity index (χ4v) is 2.88. The first-order valence-electron chi connectivity index (χ1n) is 4.16. The van der Waals surface area contributed by atoms with Crippen molar-refractivity contribution in [3.05, 3.63) is 14.8 Å². The van der Waals surface area contributed by atoms with Crippen LogP contribution < -0.4 is 0 Å². The van der Waals surface area contributed by atoms with Gasteiger partial charge in [0.25, 0.3) is 5.92 Å². The molecule has 0 atom stereocenters. The summed E-state index contributed by atoms with van der Waals surface area (Å²) < 4.78 is 27.6. The van der Waals surface area contributed by atoms with E-state index < -0.39 is 5.92 Å². The largest absolute Gasteiger partial charge is 0.252 e. The van der Waals surface area contributed by atoms with Gasteiger partial charge < -0.3 is 0 Å². The van der Waals surface area contributed by atoms with Crippen molar-refractivity contribution < 1.29 is 8.78 Å². The highest BCUT2D eigenvalue weighted by Crippen LogP contribution is 2.46. The van der Waals surface area contributed by atoms with Crippen molar-refractivity contribution in [3.63, 3.8) is 0 Å². The zero-order valence-corrected chi connectivity index (χ0v) is 10.5. The Morgan fingerprint density at radius 2 is 2.07 bits per heavy atom. The summed E-state index contributed by atoms with van der Waals surface area (Å²) >= 11 is 6.28. The molecule has 1 saturated carbocycles. The lowest BCUT2D eigenvalue weighted by Gasteiger charge is -2.35. The molecule has 80 valence electrons. The van der Waals surface area contributed by atoms with Crippen molar-refractivity contribution in [1.82, 2.24) is 9.78 Å². The van der Waals surface area contributed by atoms with Crippen LogP contribution in [0.2, 0.25) is 0 Å². The van der Waals surface area contributed by atoms with Gasteiger partial charge in [0.05, 0.1) is 6.04 Å². The third kappa shape index (κ3) is 1.81. The van der Waals surface area contributed by atoms with Gasteiger partial charge in [-0.2, -0.15) is 10.4 Å². The molecule has 0 unspecified atom stereocenters. The summed E-state index contributed by atoms with van der Waals surface area (Å²) in [6, 6.07) is 1.62. The molecule has 0 aliphatic heterocycles. The average Bonchev–Trinajstić information content (AvgIpc) is 2.37. The number of halogens is 4. The Hall–Kier alpha value is -0.480. The second kappa shape index (κ2) is 3.52. The zero-order chi connectivity index (χ0) is 11.2. The van der Waals surface area contributed by atoms with Crippen molar-refractivity contribution in [2.45, 2.75) is 24.8 Å². The molecule has 0 aromatic carbocycles. The average molecular weight is 341 g/mol. The minimum absolute atomic E-state index is 0.218. The second-order valence-electron chi connectivity index (χ2n) is 3.43. The van der Waals surface area contributed by atoms with Crippen LogP contribution in [0.25, 0.3) is 0 Å². The Morgan fingerprint density at radius 1 is 1.47 bits per heavy atom. The third-order valence-electron chi connectivity index (χ3n) is 2.34. The van der Waals surface area contributed by atoms with Crippen molar-refractivity contribution in [2.24, 2.45) is 0 Å². The fraction of sp³-hybridized carbons (Fsp3) is 0.500. The third-order valence-corrected chi connectivity index (χ3v) is 3.65. The van der Waals surface area contributed by atoms with Crippen molar-refractivity contribution in [2.75, 3.05) is 0 Å². The van der Waals surface area contributed by atoms with Gasteiger partial charge in [0.1, 0.15) is 20.8 Å². The van der Waals surface area contributed by atoms with Crippen LogP contribution in [-0.2, 0) is 0 Å². The predicted molar refractivity (Wildman–Crippen MR) is 55.6 cm³/mol. The number of aromatic nitrogens is 2. The van der Waals surface area contributed by atoms with Gasteiger partial charge >= 0.3 is 0 Å². The van der Waals surface area contributed by atoms with Gasteiger partial charge in [-0.05, 0) is 31.9 Å². The van der Waals surface area contributed by atoms with Crippen LogP contribution >= 0.6 is 31.9 Å². The molecule has 1 aromatic heterocycles. The molecule has 1 heterocycles. The fourth-order valence-electron chi connectivity index (χ4n) is 1.52. The van der Waals surface area contributed by atoms with Gasteiger partial charge in [-0.15, -0.1) is 0 Å². The SMILES string of the molecule is N#Cc1c(Br)nn(C2CC(F)(F)C2)c1Br. The first-order chi connectivity index (χ1) is 6.94. The van der Waals surface area contributed by atoms with Crippen LogP contribution in [-0.4, -0.2) is 15.7 Å². The summed E-state index contributed by atoms with van der Waals surface area (Å²) in [6.07, 6.45) is -0.435. The highest BCUT2D eigenvalue weighted by molar-refractivity contribution is 9.11. The molecule has 1 aliphatic carbocycles. The quantitative estimate of drug-likeness (QED) is 0.787. The van der Waals surface area contributed by atoms with Gasteiger partial charge in [0.15, 0.2) is 0 Å². The number of hydrogen-bond acceptors (Lipinski definition) is 2. The molecule has 7 heteroatoms. The summed E-state index contributed by atoms with van der Waals surface area (Å²) in [6.45, 7) is 0. The summed E-state index contributed by atoms with van der Waals surface area (Å²) in [5.41, 5.74) is 0.338. The van der Waals surface area contributed by atoms with Crippen molar-refractivity contribution in [1.29, 1.82) is 5.26 Å². The molecule has 3 nitrogen and oxygen atoms in total. The normalized spacial score (nSPS) is 19.7. The van der Waals surface area contributed by atoms with E-state index in [4.69, 9.17) is 5.26 Å². The van der Waals surface area contributed by atoms with Crippen molar-refractivity contribution in [3.8, 4) is 6.07 Å². The maximum absolute atomic E-state index is 12.7. The van der Waals surface area contributed by atoms with Gasteiger partial charge in [0, 0.05) is 12.8 Å². The van der Waals surface area contributed by atoms with Crippen LogP contribution in [0.1, 0.15) is 24.4 Å². The van der Waals surface area contributed by atoms with E-state index in [9.17, 15) is 8.78 Å². The van der Waals surface area contributed by atoms with E-state index in [1.807, 2.05) is 6.07 Å². The van der Waals surface area contributed by atoms with Gasteiger partial charge in [0.2, 0.25) is 0 Å². The van der Waals surface area contributed by atoms with Crippen LogP contribution in [0.15, 0.2) is 9.21 Å². The number of nitrogens with zero attached hydrogens (tertiary/aromatic N) is 3. The monoisotopic (exact) mass is 339 g/mol. The molecule has 0 N–H and O–H groups in total. The molecule has 1 fully saturated rings. The Morgan fingerprint density at radius 3 is 2.47 bits per heavy atom. The van der Waals surface area contributed by atoms with Gasteiger partial charge in [-0.25, -0.2) is 8.78 Å². The molecule has 1 aromatic rings. The maximum Gasteiger partial charge on any atom is 0.252 e. The summed E-state index contributed by atoms with van der Waals surface area (Å²) in [5, 5.41) is 12.8. The number of alkyl halides is 2. The number of hydrogen-bond donors (Lipinski definition) is 0. The molecule has 0 radical (unpaired) electrons. The Balaban J connectivity index is 2.29. The van der Waals surface area contributed by atoms with E-state index in [2.05, 4.69) is 37.0 Å². The minimum atomic E-state index is -2.59. The molecule has 1 aliphatic rings. The smallest absolute Gasteiger partial charge is 0.252 e. The molecular formula is C8H5Br2F2N3. The molecule has 0 saturated heterocycles. The molecule has 0 amide bonds. The van der Waals surface area contributed by atoms with E-state index >= 15 is 0 Å². The number of nitriles is 1. The van der Waals surface area contributed by atoms with E-state index in [0.717, 1.165) is 0 Å². The summed E-state index contributed by atoms with van der Waals surface area (Å²) in [5.74, 6) is -2.59. The Labute approximate surface area is 101 Å².